The Morgan fingerprint density at radius 2 is 1.83 bits per heavy atom. The summed E-state index contributed by atoms with van der Waals surface area (Å²) in [4.78, 5) is 5.13. The standard InChI is InChI=1S/C25H36N2O2/c1-21-7-6-8-23(17-21)19-27(15-16-28-2)18-22-11-13-26(14-12-22)20-24-9-4-5-10-25(24)29-3/h4-10,17,22H,11-16,18-20H2,1-3H3. The van der Waals surface area contributed by atoms with Crippen LogP contribution in [0.4, 0.5) is 0 Å². The molecule has 29 heavy (non-hydrogen) atoms. The van der Waals surface area contributed by atoms with E-state index in [1.165, 1.54) is 29.5 Å². The lowest BCUT2D eigenvalue weighted by Crippen LogP contribution is -2.39. The van der Waals surface area contributed by atoms with Gasteiger partial charge in [0, 0.05) is 38.9 Å². The first-order chi connectivity index (χ1) is 14.2. The second-order valence-corrected chi connectivity index (χ2v) is 8.25. The van der Waals surface area contributed by atoms with Crippen molar-refractivity contribution in [1.29, 1.82) is 0 Å². The molecule has 1 fully saturated rings. The summed E-state index contributed by atoms with van der Waals surface area (Å²) in [5.41, 5.74) is 4.02. The average Bonchev–Trinajstić information content (AvgIpc) is 2.74. The number of rotatable bonds is 10. The highest BCUT2D eigenvalue weighted by atomic mass is 16.5. The van der Waals surface area contributed by atoms with Gasteiger partial charge in [0.1, 0.15) is 5.75 Å². The van der Waals surface area contributed by atoms with Crippen molar-refractivity contribution in [2.75, 3.05) is 47.0 Å². The number of hydrogen-bond donors (Lipinski definition) is 0. The molecular formula is C25H36N2O2. The topological polar surface area (TPSA) is 24.9 Å². The Balaban J connectivity index is 1.51. The zero-order valence-corrected chi connectivity index (χ0v) is 18.3. The maximum Gasteiger partial charge on any atom is 0.123 e. The molecule has 0 amide bonds. The van der Waals surface area contributed by atoms with Gasteiger partial charge in [0.25, 0.3) is 0 Å². The molecule has 2 aromatic rings. The van der Waals surface area contributed by atoms with Gasteiger partial charge < -0.3 is 9.47 Å². The molecule has 0 saturated carbocycles. The lowest BCUT2D eigenvalue weighted by molar-refractivity contribution is 0.106. The van der Waals surface area contributed by atoms with Crippen LogP contribution in [0.15, 0.2) is 48.5 Å². The molecule has 158 valence electrons. The third kappa shape index (κ3) is 6.84. The Labute approximate surface area is 176 Å². The van der Waals surface area contributed by atoms with Crippen molar-refractivity contribution in [3.63, 3.8) is 0 Å². The fraction of sp³-hybridized carbons (Fsp3) is 0.520. The van der Waals surface area contributed by atoms with Crippen LogP contribution in [0.2, 0.25) is 0 Å². The second-order valence-electron chi connectivity index (χ2n) is 8.25. The number of benzene rings is 2. The molecule has 1 aliphatic rings. The van der Waals surface area contributed by atoms with E-state index in [2.05, 4.69) is 59.2 Å². The van der Waals surface area contributed by atoms with Crippen molar-refractivity contribution >= 4 is 0 Å². The highest BCUT2D eigenvalue weighted by Gasteiger charge is 2.22. The number of nitrogens with zero attached hydrogens (tertiary/aromatic N) is 2. The highest BCUT2D eigenvalue weighted by molar-refractivity contribution is 5.33. The molecule has 0 atom stereocenters. The molecule has 4 heteroatoms. The van der Waals surface area contributed by atoms with Gasteiger partial charge in [-0.3, -0.25) is 9.80 Å². The van der Waals surface area contributed by atoms with Gasteiger partial charge in [-0.25, -0.2) is 0 Å². The van der Waals surface area contributed by atoms with Gasteiger partial charge in [-0.1, -0.05) is 48.0 Å². The van der Waals surface area contributed by atoms with Crippen LogP contribution in [0.5, 0.6) is 5.75 Å². The number of methoxy groups -OCH3 is 2. The quantitative estimate of drug-likeness (QED) is 0.596. The zero-order chi connectivity index (χ0) is 20.5. The Hall–Kier alpha value is -1.88. The number of para-hydroxylation sites is 1. The first-order valence-electron chi connectivity index (χ1n) is 10.8. The summed E-state index contributed by atoms with van der Waals surface area (Å²) >= 11 is 0. The van der Waals surface area contributed by atoms with Crippen LogP contribution in [0.25, 0.3) is 0 Å². The molecule has 3 rings (SSSR count). The summed E-state index contributed by atoms with van der Waals surface area (Å²) in [6, 6.07) is 17.2. The number of ether oxygens (including phenoxy) is 2. The van der Waals surface area contributed by atoms with Crippen molar-refractivity contribution in [2.45, 2.75) is 32.9 Å². The fourth-order valence-electron chi connectivity index (χ4n) is 4.29. The van der Waals surface area contributed by atoms with E-state index in [0.29, 0.717) is 0 Å². The second kappa shape index (κ2) is 11.3. The molecule has 0 unspecified atom stereocenters. The number of likely N-dealkylation sites (tertiary alicyclic amines) is 1. The molecule has 4 nitrogen and oxygen atoms in total. The Morgan fingerprint density at radius 1 is 1.03 bits per heavy atom. The molecule has 2 aromatic carbocycles. The molecule has 1 saturated heterocycles. The third-order valence-corrected chi connectivity index (χ3v) is 5.91. The predicted octanol–water partition coefficient (Wildman–Crippen LogP) is 4.36. The van der Waals surface area contributed by atoms with Gasteiger partial charge in [-0.15, -0.1) is 0 Å². The smallest absolute Gasteiger partial charge is 0.123 e. The van der Waals surface area contributed by atoms with E-state index in [-0.39, 0.29) is 0 Å². The van der Waals surface area contributed by atoms with Gasteiger partial charge >= 0.3 is 0 Å². The zero-order valence-electron chi connectivity index (χ0n) is 18.3. The molecule has 0 bridgehead atoms. The lowest BCUT2D eigenvalue weighted by atomic mass is 9.95. The van der Waals surface area contributed by atoms with Gasteiger partial charge in [-0.2, -0.15) is 0 Å². The van der Waals surface area contributed by atoms with Gasteiger partial charge in [0.05, 0.1) is 13.7 Å². The maximum atomic E-state index is 5.52. The normalized spacial score (nSPS) is 15.7. The van der Waals surface area contributed by atoms with Crippen LogP contribution in [0, 0.1) is 12.8 Å². The maximum absolute atomic E-state index is 5.52. The van der Waals surface area contributed by atoms with Crippen LogP contribution in [0.1, 0.15) is 29.5 Å². The van der Waals surface area contributed by atoms with Crippen molar-refractivity contribution in [3.05, 3.63) is 65.2 Å². The van der Waals surface area contributed by atoms with E-state index in [9.17, 15) is 0 Å². The Bertz CT molecular complexity index is 741. The molecular weight excluding hydrogens is 360 g/mol. The summed E-state index contributed by atoms with van der Waals surface area (Å²) in [6.07, 6.45) is 2.51. The number of aryl methyl sites for hydroxylation is 1. The van der Waals surface area contributed by atoms with Crippen LogP contribution < -0.4 is 4.74 Å². The Morgan fingerprint density at radius 3 is 2.55 bits per heavy atom. The first-order valence-corrected chi connectivity index (χ1v) is 10.8. The van der Waals surface area contributed by atoms with Gasteiger partial charge in [-0.05, 0) is 50.4 Å². The largest absolute Gasteiger partial charge is 0.496 e. The molecule has 0 spiro atoms. The van der Waals surface area contributed by atoms with Crippen molar-refractivity contribution < 1.29 is 9.47 Å². The lowest BCUT2D eigenvalue weighted by Gasteiger charge is -2.35. The minimum atomic E-state index is 0.755. The first kappa shape index (κ1) is 21.8. The SMILES string of the molecule is COCCN(Cc1cccc(C)c1)CC1CCN(Cc2ccccc2OC)CC1. The summed E-state index contributed by atoms with van der Waals surface area (Å²) in [6.45, 7) is 9.40. The summed E-state index contributed by atoms with van der Waals surface area (Å²) in [7, 11) is 3.55. The van der Waals surface area contributed by atoms with Gasteiger partial charge in [0.15, 0.2) is 0 Å². The minimum absolute atomic E-state index is 0.755. The van der Waals surface area contributed by atoms with Crippen LogP contribution in [0.3, 0.4) is 0 Å². The van der Waals surface area contributed by atoms with E-state index in [1.807, 2.05) is 6.07 Å². The molecule has 1 heterocycles. The van der Waals surface area contributed by atoms with Crippen LogP contribution in [-0.4, -0.2) is 56.8 Å². The number of piperidine rings is 1. The van der Waals surface area contributed by atoms with E-state index in [0.717, 1.165) is 57.5 Å². The molecule has 0 radical (unpaired) electrons. The predicted molar refractivity (Wildman–Crippen MR) is 119 cm³/mol. The van der Waals surface area contributed by atoms with E-state index >= 15 is 0 Å². The average molecular weight is 397 g/mol. The molecule has 0 N–H and O–H groups in total. The molecule has 1 aliphatic heterocycles. The Kier molecular flexibility index (Phi) is 8.53. The van der Waals surface area contributed by atoms with Crippen molar-refractivity contribution in [2.24, 2.45) is 5.92 Å². The molecule has 0 aliphatic carbocycles. The van der Waals surface area contributed by atoms with E-state index in [4.69, 9.17) is 9.47 Å². The van der Waals surface area contributed by atoms with Gasteiger partial charge in [0.2, 0.25) is 0 Å². The molecule has 0 aromatic heterocycles. The summed E-state index contributed by atoms with van der Waals surface area (Å²) in [5, 5.41) is 0. The third-order valence-electron chi connectivity index (χ3n) is 5.91. The fourth-order valence-corrected chi connectivity index (χ4v) is 4.29. The monoisotopic (exact) mass is 396 g/mol. The summed E-state index contributed by atoms with van der Waals surface area (Å²) in [5.74, 6) is 1.75. The highest BCUT2D eigenvalue weighted by Crippen LogP contribution is 2.24. The number of hydrogen-bond acceptors (Lipinski definition) is 4. The van der Waals surface area contributed by atoms with Crippen molar-refractivity contribution in [1.82, 2.24) is 9.80 Å². The van der Waals surface area contributed by atoms with E-state index < -0.39 is 0 Å². The summed E-state index contributed by atoms with van der Waals surface area (Å²) < 4.78 is 10.9. The van der Waals surface area contributed by atoms with E-state index in [1.54, 1.807) is 14.2 Å². The minimum Gasteiger partial charge on any atom is -0.496 e. The van der Waals surface area contributed by atoms with Crippen molar-refractivity contribution in [3.8, 4) is 5.75 Å². The van der Waals surface area contributed by atoms with Crippen LogP contribution >= 0.6 is 0 Å². The van der Waals surface area contributed by atoms with Crippen LogP contribution in [-0.2, 0) is 17.8 Å².